The molecule has 0 bridgehead atoms. The standard InChI is InChI=1S/C18H19FN2O2/c1-12-6-8-14(9-7-12)17(20-13(2)22)11-18(23)21-16-5-3-4-15(19)10-16/h3-10,17H,11H2,1-2H3,(H,20,22)(H,21,23). The molecule has 1 atom stereocenters. The van der Waals surface area contributed by atoms with Crippen LogP contribution in [-0.2, 0) is 9.59 Å². The molecule has 1 unspecified atom stereocenters. The second kappa shape index (κ2) is 7.54. The van der Waals surface area contributed by atoms with Gasteiger partial charge in [-0.05, 0) is 30.7 Å². The van der Waals surface area contributed by atoms with Crippen molar-refractivity contribution in [2.45, 2.75) is 26.3 Å². The van der Waals surface area contributed by atoms with E-state index in [0.717, 1.165) is 11.1 Å². The topological polar surface area (TPSA) is 58.2 Å². The van der Waals surface area contributed by atoms with Crippen molar-refractivity contribution in [2.75, 3.05) is 5.32 Å². The largest absolute Gasteiger partial charge is 0.349 e. The molecule has 0 saturated heterocycles. The number of halogens is 1. The predicted molar refractivity (Wildman–Crippen MR) is 87.4 cm³/mol. The number of benzene rings is 2. The van der Waals surface area contributed by atoms with Crippen molar-refractivity contribution in [1.29, 1.82) is 0 Å². The van der Waals surface area contributed by atoms with Gasteiger partial charge < -0.3 is 10.6 Å². The third-order valence-electron chi connectivity index (χ3n) is 3.36. The first kappa shape index (κ1) is 16.7. The predicted octanol–water partition coefficient (Wildman–Crippen LogP) is 3.34. The van der Waals surface area contributed by atoms with Crippen LogP contribution in [0.4, 0.5) is 10.1 Å². The molecule has 0 aliphatic carbocycles. The molecule has 0 aliphatic rings. The molecule has 2 amide bonds. The Kier molecular flexibility index (Phi) is 5.46. The van der Waals surface area contributed by atoms with E-state index in [-0.39, 0.29) is 18.2 Å². The van der Waals surface area contributed by atoms with Crippen molar-refractivity contribution in [2.24, 2.45) is 0 Å². The van der Waals surface area contributed by atoms with Gasteiger partial charge in [0.25, 0.3) is 0 Å². The minimum atomic E-state index is -0.429. The van der Waals surface area contributed by atoms with Crippen molar-refractivity contribution >= 4 is 17.5 Å². The van der Waals surface area contributed by atoms with Crippen molar-refractivity contribution in [3.05, 3.63) is 65.5 Å². The second-order valence-electron chi connectivity index (χ2n) is 5.43. The highest BCUT2D eigenvalue weighted by Crippen LogP contribution is 2.19. The summed E-state index contributed by atoms with van der Waals surface area (Å²) in [5, 5.41) is 5.41. The first-order chi connectivity index (χ1) is 10.9. The minimum Gasteiger partial charge on any atom is -0.349 e. The van der Waals surface area contributed by atoms with Crippen molar-refractivity contribution in [3.8, 4) is 0 Å². The van der Waals surface area contributed by atoms with E-state index < -0.39 is 11.9 Å². The highest BCUT2D eigenvalue weighted by atomic mass is 19.1. The third-order valence-corrected chi connectivity index (χ3v) is 3.36. The van der Waals surface area contributed by atoms with Gasteiger partial charge in [0.2, 0.25) is 11.8 Å². The van der Waals surface area contributed by atoms with Gasteiger partial charge in [0.1, 0.15) is 5.82 Å². The molecule has 0 heterocycles. The highest BCUT2D eigenvalue weighted by molar-refractivity contribution is 5.91. The molecule has 2 aromatic rings. The summed E-state index contributed by atoms with van der Waals surface area (Å²) in [5.74, 6) is -0.927. The maximum absolute atomic E-state index is 13.1. The number of hydrogen-bond acceptors (Lipinski definition) is 2. The van der Waals surface area contributed by atoms with E-state index in [1.165, 1.54) is 25.1 Å². The van der Waals surface area contributed by atoms with Gasteiger partial charge in [-0.15, -0.1) is 0 Å². The van der Waals surface area contributed by atoms with Crippen LogP contribution in [0.5, 0.6) is 0 Å². The molecule has 2 N–H and O–H groups in total. The lowest BCUT2D eigenvalue weighted by Gasteiger charge is -2.18. The first-order valence-electron chi connectivity index (χ1n) is 7.33. The normalized spacial score (nSPS) is 11.6. The van der Waals surface area contributed by atoms with Crippen LogP contribution in [0.15, 0.2) is 48.5 Å². The molecule has 0 aliphatic heterocycles. The number of nitrogens with one attached hydrogen (secondary N) is 2. The summed E-state index contributed by atoms with van der Waals surface area (Å²) in [6.07, 6.45) is 0.0686. The van der Waals surface area contributed by atoms with Crippen LogP contribution in [0.25, 0.3) is 0 Å². The van der Waals surface area contributed by atoms with E-state index in [0.29, 0.717) is 5.69 Å². The number of hydrogen-bond donors (Lipinski definition) is 2. The molecule has 2 rings (SSSR count). The Labute approximate surface area is 134 Å². The molecule has 4 nitrogen and oxygen atoms in total. The van der Waals surface area contributed by atoms with Crippen molar-refractivity contribution < 1.29 is 14.0 Å². The molecule has 2 aromatic carbocycles. The lowest BCUT2D eigenvalue weighted by molar-refractivity contribution is -0.120. The average molecular weight is 314 g/mol. The number of carbonyl (C=O) groups excluding carboxylic acids is 2. The Balaban J connectivity index is 2.09. The molecule has 0 radical (unpaired) electrons. The van der Waals surface area contributed by atoms with Gasteiger partial charge >= 0.3 is 0 Å². The van der Waals surface area contributed by atoms with E-state index in [9.17, 15) is 14.0 Å². The zero-order valence-corrected chi connectivity index (χ0v) is 13.1. The highest BCUT2D eigenvalue weighted by Gasteiger charge is 2.17. The summed E-state index contributed by atoms with van der Waals surface area (Å²) in [7, 11) is 0. The molecule has 0 fully saturated rings. The van der Waals surface area contributed by atoms with E-state index in [2.05, 4.69) is 10.6 Å². The molecule has 0 saturated carbocycles. The molecule has 5 heteroatoms. The fourth-order valence-corrected chi connectivity index (χ4v) is 2.26. The van der Waals surface area contributed by atoms with Gasteiger partial charge in [0.15, 0.2) is 0 Å². The number of amides is 2. The summed E-state index contributed by atoms with van der Waals surface area (Å²) in [5.41, 5.74) is 2.33. The van der Waals surface area contributed by atoms with Crippen molar-refractivity contribution in [3.63, 3.8) is 0 Å². The molecule has 120 valence electrons. The monoisotopic (exact) mass is 314 g/mol. The van der Waals surface area contributed by atoms with Crippen LogP contribution >= 0.6 is 0 Å². The first-order valence-corrected chi connectivity index (χ1v) is 7.33. The summed E-state index contributed by atoms with van der Waals surface area (Å²) in [4.78, 5) is 23.6. The van der Waals surface area contributed by atoms with Crippen LogP contribution in [-0.4, -0.2) is 11.8 Å². The van der Waals surface area contributed by atoms with E-state index in [1.54, 1.807) is 6.07 Å². The van der Waals surface area contributed by atoms with E-state index in [4.69, 9.17) is 0 Å². The van der Waals surface area contributed by atoms with Gasteiger partial charge in [-0.3, -0.25) is 9.59 Å². The fraction of sp³-hybridized carbons (Fsp3) is 0.222. The van der Waals surface area contributed by atoms with Gasteiger partial charge in [0, 0.05) is 12.6 Å². The zero-order chi connectivity index (χ0) is 16.8. The van der Waals surface area contributed by atoms with Crippen LogP contribution in [0.1, 0.15) is 30.5 Å². The molecule has 23 heavy (non-hydrogen) atoms. The fourth-order valence-electron chi connectivity index (χ4n) is 2.26. The second-order valence-corrected chi connectivity index (χ2v) is 5.43. The molecular weight excluding hydrogens is 295 g/mol. The third kappa shape index (κ3) is 5.21. The summed E-state index contributed by atoms with van der Waals surface area (Å²) in [6.45, 7) is 3.37. The Morgan fingerprint density at radius 3 is 2.43 bits per heavy atom. The van der Waals surface area contributed by atoms with Crippen LogP contribution < -0.4 is 10.6 Å². The van der Waals surface area contributed by atoms with Crippen molar-refractivity contribution in [1.82, 2.24) is 5.32 Å². The van der Waals surface area contributed by atoms with Gasteiger partial charge in [-0.2, -0.15) is 0 Å². The zero-order valence-electron chi connectivity index (χ0n) is 13.1. The number of anilines is 1. The summed E-state index contributed by atoms with van der Waals surface area (Å²) in [6, 6.07) is 12.9. The lowest BCUT2D eigenvalue weighted by Crippen LogP contribution is -2.29. The molecule has 0 spiro atoms. The maximum atomic E-state index is 13.1. The van der Waals surface area contributed by atoms with Crippen LogP contribution in [0, 0.1) is 12.7 Å². The summed E-state index contributed by atoms with van der Waals surface area (Å²) < 4.78 is 13.1. The number of carbonyl (C=O) groups is 2. The number of aryl methyl sites for hydroxylation is 1. The van der Waals surface area contributed by atoms with Gasteiger partial charge in [-0.1, -0.05) is 35.9 Å². The quantitative estimate of drug-likeness (QED) is 0.889. The minimum absolute atomic E-state index is 0.0686. The molecular formula is C18H19FN2O2. The number of rotatable bonds is 5. The Morgan fingerprint density at radius 1 is 1.13 bits per heavy atom. The van der Waals surface area contributed by atoms with Gasteiger partial charge in [-0.25, -0.2) is 4.39 Å². The van der Waals surface area contributed by atoms with Crippen LogP contribution in [0.3, 0.4) is 0 Å². The van der Waals surface area contributed by atoms with E-state index in [1.807, 2.05) is 31.2 Å². The maximum Gasteiger partial charge on any atom is 0.226 e. The average Bonchev–Trinajstić information content (AvgIpc) is 2.46. The van der Waals surface area contributed by atoms with Crippen LogP contribution in [0.2, 0.25) is 0 Å². The SMILES string of the molecule is CC(=O)NC(CC(=O)Nc1cccc(F)c1)c1ccc(C)cc1. The Bertz CT molecular complexity index is 698. The Hall–Kier alpha value is -2.69. The molecule has 0 aromatic heterocycles. The smallest absolute Gasteiger partial charge is 0.226 e. The van der Waals surface area contributed by atoms with E-state index >= 15 is 0 Å². The summed E-state index contributed by atoms with van der Waals surface area (Å²) >= 11 is 0. The lowest BCUT2D eigenvalue weighted by atomic mass is 10.0. The van der Waals surface area contributed by atoms with Gasteiger partial charge in [0.05, 0.1) is 12.5 Å². The Morgan fingerprint density at radius 2 is 1.83 bits per heavy atom.